The van der Waals surface area contributed by atoms with Gasteiger partial charge in [-0.3, -0.25) is 0 Å². The van der Waals surface area contributed by atoms with Gasteiger partial charge in [0.2, 0.25) is 0 Å². The lowest BCUT2D eigenvalue weighted by Gasteiger charge is -2.35. The molecule has 86 valence electrons. The number of nitrogens with zero attached hydrogens (tertiary/aromatic N) is 2. The summed E-state index contributed by atoms with van der Waals surface area (Å²) in [6.45, 7) is 2.44. The summed E-state index contributed by atoms with van der Waals surface area (Å²) in [5.41, 5.74) is 3.04. The second kappa shape index (κ2) is 3.88. The van der Waals surface area contributed by atoms with Gasteiger partial charge in [-0.2, -0.15) is 0 Å². The molecule has 2 atom stereocenters. The van der Waals surface area contributed by atoms with Crippen LogP contribution in [0.4, 0.5) is 5.69 Å². The zero-order chi connectivity index (χ0) is 11.3. The van der Waals surface area contributed by atoms with Crippen molar-refractivity contribution in [1.29, 1.82) is 0 Å². The molecule has 0 bridgehead atoms. The van der Waals surface area contributed by atoms with Crippen molar-refractivity contribution in [3.63, 3.8) is 0 Å². The van der Waals surface area contributed by atoms with E-state index < -0.39 is 0 Å². The van der Waals surface area contributed by atoms with Gasteiger partial charge in [-0.15, -0.1) is 0 Å². The van der Waals surface area contributed by atoms with E-state index in [1.165, 1.54) is 28.8 Å². The fourth-order valence-corrected chi connectivity index (χ4v) is 4.14. The van der Waals surface area contributed by atoms with Crippen LogP contribution in [0.1, 0.15) is 17.9 Å². The van der Waals surface area contributed by atoms with Crippen LogP contribution in [0.25, 0.3) is 0 Å². The second-order valence-corrected chi connectivity index (χ2v) is 6.18. The van der Waals surface area contributed by atoms with Gasteiger partial charge in [-0.25, -0.2) is 0 Å². The standard InChI is InChI=1S/C13H17IN2/c1-15-7-6-12-10(8-15)9-4-3-5-11(14)13(9)16(12)2/h3-5,10,12H,6-8H2,1-2H3. The lowest BCUT2D eigenvalue weighted by molar-refractivity contribution is 0.234. The quantitative estimate of drug-likeness (QED) is 0.676. The SMILES string of the molecule is CN1CCC2C(C1)c1cccc(I)c1N2C. The molecule has 2 nitrogen and oxygen atoms in total. The summed E-state index contributed by atoms with van der Waals surface area (Å²) in [5.74, 6) is 0.716. The summed E-state index contributed by atoms with van der Waals surface area (Å²) in [6.07, 6.45) is 1.29. The number of benzene rings is 1. The van der Waals surface area contributed by atoms with Gasteiger partial charge in [0, 0.05) is 29.1 Å². The maximum Gasteiger partial charge on any atom is 0.0538 e. The summed E-state index contributed by atoms with van der Waals surface area (Å²) in [7, 11) is 4.50. The van der Waals surface area contributed by atoms with Gasteiger partial charge < -0.3 is 9.80 Å². The molecule has 2 aliphatic heterocycles. The number of likely N-dealkylation sites (tertiary alicyclic amines) is 1. The summed E-state index contributed by atoms with van der Waals surface area (Å²) in [5, 5.41) is 0. The third-order valence-corrected chi connectivity index (χ3v) is 4.92. The summed E-state index contributed by atoms with van der Waals surface area (Å²) >= 11 is 2.46. The van der Waals surface area contributed by atoms with Crippen LogP contribution < -0.4 is 4.90 Å². The molecule has 1 aromatic carbocycles. The Balaban J connectivity index is 2.07. The topological polar surface area (TPSA) is 6.48 Å². The molecule has 0 saturated carbocycles. The number of likely N-dealkylation sites (N-methyl/N-ethyl adjacent to an activating group) is 2. The minimum absolute atomic E-state index is 0.716. The lowest BCUT2D eigenvalue weighted by atomic mass is 9.89. The molecule has 1 aromatic rings. The first-order valence-electron chi connectivity index (χ1n) is 5.88. The highest BCUT2D eigenvalue weighted by Crippen LogP contribution is 2.45. The molecular formula is C13H17IN2. The first-order chi connectivity index (χ1) is 7.68. The fourth-order valence-electron chi connectivity index (χ4n) is 3.24. The van der Waals surface area contributed by atoms with Crippen molar-refractivity contribution in [3.05, 3.63) is 27.3 Å². The van der Waals surface area contributed by atoms with Gasteiger partial charge in [-0.05, 0) is 54.2 Å². The molecule has 1 saturated heterocycles. The van der Waals surface area contributed by atoms with E-state index in [1.807, 2.05) is 0 Å². The van der Waals surface area contributed by atoms with E-state index in [0.29, 0.717) is 5.92 Å². The van der Waals surface area contributed by atoms with E-state index in [0.717, 1.165) is 6.04 Å². The summed E-state index contributed by atoms with van der Waals surface area (Å²) < 4.78 is 1.40. The van der Waals surface area contributed by atoms with Crippen LogP contribution in [0.15, 0.2) is 18.2 Å². The molecule has 2 unspecified atom stereocenters. The van der Waals surface area contributed by atoms with Crippen molar-refractivity contribution in [2.45, 2.75) is 18.4 Å². The molecule has 0 spiro atoms. The molecule has 0 amide bonds. The Hall–Kier alpha value is -0.290. The monoisotopic (exact) mass is 328 g/mol. The normalized spacial score (nSPS) is 29.1. The number of hydrogen-bond acceptors (Lipinski definition) is 2. The van der Waals surface area contributed by atoms with E-state index in [9.17, 15) is 0 Å². The predicted molar refractivity (Wildman–Crippen MR) is 76.2 cm³/mol. The van der Waals surface area contributed by atoms with Gasteiger partial charge in [0.15, 0.2) is 0 Å². The summed E-state index contributed by atoms with van der Waals surface area (Å²) in [6, 6.07) is 7.46. The smallest absolute Gasteiger partial charge is 0.0538 e. The maximum absolute atomic E-state index is 2.51. The molecule has 0 aromatic heterocycles. The average molecular weight is 328 g/mol. The molecule has 2 aliphatic rings. The van der Waals surface area contributed by atoms with E-state index >= 15 is 0 Å². The first-order valence-corrected chi connectivity index (χ1v) is 6.96. The third kappa shape index (κ3) is 1.48. The van der Waals surface area contributed by atoms with Gasteiger partial charge in [0.05, 0.1) is 5.69 Å². The third-order valence-electron chi connectivity index (χ3n) is 4.05. The van der Waals surface area contributed by atoms with Crippen LogP contribution in [0, 0.1) is 3.57 Å². The number of hydrogen-bond donors (Lipinski definition) is 0. The molecule has 0 N–H and O–H groups in total. The Morgan fingerprint density at radius 2 is 2.12 bits per heavy atom. The number of halogens is 1. The Kier molecular flexibility index (Phi) is 2.63. The molecule has 1 fully saturated rings. The summed E-state index contributed by atoms with van der Waals surface area (Å²) in [4.78, 5) is 4.97. The molecule has 3 heteroatoms. The van der Waals surface area contributed by atoms with Crippen LogP contribution in [-0.4, -0.2) is 38.1 Å². The first kappa shape index (κ1) is 10.8. The number of anilines is 1. The van der Waals surface area contributed by atoms with Crippen molar-refractivity contribution in [1.82, 2.24) is 4.90 Å². The minimum atomic E-state index is 0.716. The van der Waals surface area contributed by atoms with Crippen molar-refractivity contribution in [2.75, 3.05) is 32.1 Å². The minimum Gasteiger partial charge on any atom is -0.370 e. The van der Waals surface area contributed by atoms with E-state index in [4.69, 9.17) is 0 Å². The average Bonchev–Trinajstić information content (AvgIpc) is 2.54. The van der Waals surface area contributed by atoms with Crippen molar-refractivity contribution >= 4 is 28.3 Å². The van der Waals surface area contributed by atoms with Crippen LogP contribution >= 0.6 is 22.6 Å². The zero-order valence-electron chi connectivity index (χ0n) is 9.78. The molecule has 3 rings (SSSR count). The lowest BCUT2D eigenvalue weighted by Crippen LogP contribution is -2.43. The number of rotatable bonds is 0. The van der Waals surface area contributed by atoms with Gasteiger partial charge in [0.25, 0.3) is 0 Å². The highest BCUT2D eigenvalue weighted by atomic mass is 127. The Morgan fingerprint density at radius 3 is 2.94 bits per heavy atom. The van der Waals surface area contributed by atoms with Crippen molar-refractivity contribution < 1.29 is 0 Å². The van der Waals surface area contributed by atoms with Gasteiger partial charge in [0.1, 0.15) is 0 Å². The molecule has 16 heavy (non-hydrogen) atoms. The largest absolute Gasteiger partial charge is 0.370 e. The van der Waals surface area contributed by atoms with Crippen LogP contribution in [0.5, 0.6) is 0 Å². The highest BCUT2D eigenvalue weighted by Gasteiger charge is 2.40. The van der Waals surface area contributed by atoms with Crippen LogP contribution in [0.3, 0.4) is 0 Å². The Labute approximate surface area is 111 Å². The Bertz CT molecular complexity index is 418. The molecule has 2 heterocycles. The van der Waals surface area contributed by atoms with Crippen molar-refractivity contribution in [3.8, 4) is 0 Å². The fraction of sp³-hybridized carbons (Fsp3) is 0.538. The zero-order valence-corrected chi connectivity index (χ0v) is 11.9. The van der Waals surface area contributed by atoms with Crippen LogP contribution in [0.2, 0.25) is 0 Å². The number of para-hydroxylation sites is 1. The second-order valence-electron chi connectivity index (χ2n) is 5.01. The molecule has 0 radical (unpaired) electrons. The molecular weight excluding hydrogens is 311 g/mol. The number of fused-ring (bicyclic) bond motifs is 3. The van der Waals surface area contributed by atoms with Crippen LogP contribution in [-0.2, 0) is 0 Å². The van der Waals surface area contributed by atoms with Gasteiger partial charge >= 0.3 is 0 Å². The maximum atomic E-state index is 2.51. The van der Waals surface area contributed by atoms with Gasteiger partial charge in [-0.1, -0.05) is 12.1 Å². The van der Waals surface area contributed by atoms with Crippen molar-refractivity contribution in [2.24, 2.45) is 0 Å². The van der Waals surface area contributed by atoms with E-state index in [-0.39, 0.29) is 0 Å². The number of piperidine rings is 1. The van der Waals surface area contributed by atoms with E-state index in [1.54, 1.807) is 5.56 Å². The highest BCUT2D eigenvalue weighted by molar-refractivity contribution is 14.1. The van der Waals surface area contributed by atoms with E-state index in [2.05, 4.69) is 64.7 Å². The predicted octanol–water partition coefficient (Wildman–Crippen LogP) is 2.53. The Morgan fingerprint density at radius 1 is 1.31 bits per heavy atom. The molecule has 0 aliphatic carbocycles.